The molecule has 2 aromatic rings. The van der Waals surface area contributed by atoms with Crippen LogP contribution in [0.15, 0.2) is 28.7 Å². The molecular formula is C17H21N3O3. The van der Waals surface area contributed by atoms with Gasteiger partial charge in [-0.05, 0) is 12.1 Å². The first-order chi connectivity index (χ1) is 11.2. The molecule has 0 aliphatic carbocycles. The Kier molecular flexibility index (Phi) is 3.71. The van der Waals surface area contributed by atoms with Gasteiger partial charge in [0.05, 0.1) is 7.11 Å². The number of amides is 1. The fourth-order valence-electron chi connectivity index (χ4n) is 3.52. The van der Waals surface area contributed by atoms with Gasteiger partial charge in [-0.1, -0.05) is 12.1 Å². The first-order valence-corrected chi connectivity index (χ1v) is 8.06. The van der Waals surface area contributed by atoms with Crippen molar-refractivity contribution in [2.45, 2.75) is 6.04 Å². The van der Waals surface area contributed by atoms with Gasteiger partial charge >= 0.3 is 0 Å². The van der Waals surface area contributed by atoms with Crippen LogP contribution in [0.4, 0.5) is 0 Å². The van der Waals surface area contributed by atoms with E-state index in [4.69, 9.17) is 9.15 Å². The Morgan fingerprint density at radius 2 is 2.17 bits per heavy atom. The van der Waals surface area contributed by atoms with Crippen LogP contribution in [-0.4, -0.2) is 68.1 Å². The highest BCUT2D eigenvalue weighted by Crippen LogP contribution is 2.28. The quantitative estimate of drug-likeness (QED) is 0.918. The molecule has 6 nitrogen and oxygen atoms in total. The fraction of sp³-hybridized carbons (Fsp3) is 0.471. The van der Waals surface area contributed by atoms with Gasteiger partial charge in [-0.2, -0.15) is 0 Å². The summed E-state index contributed by atoms with van der Waals surface area (Å²) < 4.78 is 11.0. The second-order valence-electron chi connectivity index (χ2n) is 6.19. The molecule has 3 aliphatic rings. The van der Waals surface area contributed by atoms with E-state index in [0.717, 1.165) is 38.1 Å². The first-order valence-electron chi connectivity index (χ1n) is 8.06. The maximum atomic E-state index is 12.4. The number of hydrogen-bond donors (Lipinski definition) is 1. The van der Waals surface area contributed by atoms with Crippen LogP contribution in [0.3, 0.4) is 0 Å². The molecule has 1 aromatic heterocycles. The van der Waals surface area contributed by atoms with Gasteiger partial charge < -0.3 is 14.5 Å². The molecule has 3 aliphatic heterocycles. The zero-order valence-corrected chi connectivity index (χ0v) is 13.2. The minimum Gasteiger partial charge on any atom is -0.493 e. The van der Waals surface area contributed by atoms with Crippen molar-refractivity contribution in [1.29, 1.82) is 0 Å². The standard InChI is InChI=1S/C17H21N3O3/c1-22-14-4-2-3-12-9-15(23-16(12)14)17(21)18-10-13-11-19-5-7-20(13)8-6-19/h2-4,9,13H,5-8,10-11H2,1H3,(H,18,21). The minimum atomic E-state index is -0.166. The zero-order valence-electron chi connectivity index (χ0n) is 13.2. The van der Waals surface area contributed by atoms with E-state index < -0.39 is 0 Å². The molecule has 122 valence electrons. The molecule has 1 amide bonds. The summed E-state index contributed by atoms with van der Waals surface area (Å²) in [5.74, 6) is 0.812. The van der Waals surface area contributed by atoms with Crippen molar-refractivity contribution in [3.63, 3.8) is 0 Å². The van der Waals surface area contributed by atoms with Gasteiger partial charge in [0, 0.05) is 50.7 Å². The van der Waals surface area contributed by atoms with Gasteiger partial charge in [-0.3, -0.25) is 14.6 Å². The highest BCUT2D eigenvalue weighted by molar-refractivity contribution is 5.97. The minimum absolute atomic E-state index is 0.166. The molecule has 0 spiro atoms. The van der Waals surface area contributed by atoms with E-state index >= 15 is 0 Å². The summed E-state index contributed by atoms with van der Waals surface area (Å²) in [5, 5.41) is 3.89. The molecule has 23 heavy (non-hydrogen) atoms. The van der Waals surface area contributed by atoms with Gasteiger partial charge in [0.15, 0.2) is 17.1 Å². The van der Waals surface area contributed by atoms with Gasteiger partial charge in [-0.15, -0.1) is 0 Å². The van der Waals surface area contributed by atoms with Crippen molar-refractivity contribution in [3.05, 3.63) is 30.0 Å². The average molecular weight is 315 g/mol. The molecule has 6 heteroatoms. The van der Waals surface area contributed by atoms with Gasteiger partial charge in [0.2, 0.25) is 0 Å². The Morgan fingerprint density at radius 1 is 1.35 bits per heavy atom. The number of rotatable bonds is 4. The highest BCUT2D eigenvalue weighted by atomic mass is 16.5. The summed E-state index contributed by atoms with van der Waals surface area (Å²) in [6.07, 6.45) is 0. The van der Waals surface area contributed by atoms with Crippen LogP contribution in [0.1, 0.15) is 10.6 Å². The van der Waals surface area contributed by atoms with E-state index in [9.17, 15) is 4.79 Å². The Bertz CT molecular complexity index is 719. The van der Waals surface area contributed by atoms with E-state index in [1.54, 1.807) is 13.2 Å². The molecular weight excluding hydrogens is 294 g/mol. The van der Waals surface area contributed by atoms with Crippen LogP contribution in [0, 0.1) is 0 Å². The average Bonchev–Trinajstić information content (AvgIpc) is 3.05. The Labute approximate surface area is 135 Å². The summed E-state index contributed by atoms with van der Waals surface area (Å²) in [7, 11) is 1.60. The number of carbonyl (C=O) groups excluding carboxylic acids is 1. The summed E-state index contributed by atoms with van der Waals surface area (Å²) in [6, 6.07) is 7.80. The molecule has 1 N–H and O–H groups in total. The topological polar surface area (TPSA) is 58.0 Å². The summed E-state index contributed by atoms with van der Waals surface area (Å²) >= 11 is 0. The lowest BCUT2D eigenvalue weighted by atomic mass is 10.1. The summed E-state index contributed by atoms with van der Waals surface area (Å²) in [4.78, 5) is 17.3. The van der Waals surface area contributed by atoms with Gasteiger partial charge in [0.1, 0.15) is 0 Å². The molecule has 3 saturated heterocycles. The fourth-order valence-corrected chi connectivity index (χ4v) is 3.52. The number of para-hydroxylation sites is 1. The number of piperazine rings is 3. The van der Waals surface area contributed by atoms with Crippen molar-refractivity contribution in [2.75, 3.05) is 46.4 Å². The number of carbonyl (C=O) groups is 1. The van der Waals surface area contributed by atoms with Crippen LogP contribution in [-0.2, 0) is 0 Å². The number of ether oxygens (including phenoxy) is 1. The number of fused-ring (bicyclic) bond motifs is 4. The van der Waals surface area contributed by atoms with Crippen LogP contribution in [0.25, 0.3) is 11.0 Å². The summed E-state index contributed by atoms with van der Waals surface area (Å²) in [5.41, 5.74) is 0.617. The predicted molar refractivity (Wildman–Crippen MR) is 86.9 cm³/mol. The van der Waals surface area contributed by atoms with Gasteiger partial charge in [-0.25, -0.2) is 0 Å². The van der Waals surface area contributed by atoms with E-state index in [0.29, 0.717) is 29.7 Å². The van der Waals surface area contributed by atoms with Crippen molar-refractivity contribution in [3.8, 4) is 5.75 Å². The molecule has 2 bridgehead atoms. The van der Waals surface area contributed by atoms with Crippen LogP contribution in [0.5, 0.6) is 5.75 Å². The SMILES string of the molecule is COc1cccc2cc(C(=O)NCC3CN4CCN3CC4)oc12. The van der Waals surface area contributed by atoms with Crippen molar-refractivity contribution >= 4 is 16.9 Å². The monoisotopic (exact) mass is 315 g/mol. The Morgan fingerprint density at radius 3 is 2.87 bits per heavy atom. The smallest absolute Gasteiger partial charge is 0.287 e. The van der Waals surface area contributed by atoms with Crippen molar-refractivity contribution in [1.82, 2.24) is 15.1 Å². The predicted octanol–water partition coefficient (Wildman–Crippen LogP) is 1.17. The molecule has 4 heterocycles. The molecule has 1 aromatic carbocycles. The van der Waals surface area contributed by atoms with E-state index in [1.165, 1.54) is 0 Å². The third-order valence-electron chi connectivity index (χ3n) is 4.84. The maximum absolute atomic E-state index is 12.4. The number of nitrogens with one attached hydrogen (secondary N) is 1. The molecule has 3 fully saturated rings. The Hall–Kier alpha value is -2.05. The normalized spacial score (nSPS) is 26.4. The zero-order chi connectivity index (χ0) is 15.8. The van der Waals surface area contributed by atoms with Crippen LogP contribution >= 0.6 is 0 Å². The second-order valence-corrected chi connectivity index (χ2v) is 6.19. The third-order valence-corrected chi connectivity index (χ3v) is 4.84. The van der Waals surface area contributed by atoms with Gasteiger partial charge in [0.25, 0.3) is 5.91 Å². The summed E-state index contributed by atoms with van der Waals surface area (Å²) in [6.45, 7) is 6.18. The molecule has 0 saturated carbocycles. The van der Waals surface area contributed by atoms with Crippen LogP contribution in [0.2, 0.25) is 0 Å². The third kappa shape index (κ3) is 2.68. The molecule has 0 radical (unpaired) electrons. The molecule has 5 rings (SSSR count). The highest BCUT2D eigenvalue weighted by Gasteiger charge is 2.32. The largest absolute Gasteiger partial charge is 0.493 e. The number of nitrogens with zero attached hydrogens (tertiary/aromatic N) is 2. The van der Waals surface area contributed by atoms with E-state index in [-0.39, 0.29) is 5.91 Å². The molecule has 1 atom stereocenters. The second kappa shape index (κ2) is 5.86. The lowest BCUT2D eigenvalue weighted by Crippen LogP contribution is -2.63. The number of benzene rings is 1. The van der Waals surface area contributed by atoms with Crippen molar-refractivity contribution in [2.24, 2.45) is 0 Å². The first kappa shape index (κ1) is 14.5. The Balaban J connectivity index is 1.45. The van der Waals surface area contributed by atoms with Crippen LogP contribution < -0.4 is 10.1 Å². The lowest BCUT2D eigenvalue weighted by molar-refractivity contribution is 0.0137. The number of furan rings is 1. The maximum Gasteiger partial charge on any atom is 0.287 e. The van der Waals surface area contributed by atoms with E-state index in [1.807, 2.05) is 18.2 Å². The number of methoxy groups -OCH3 is 1. The number of hydrogen-bond acceptors (Lipinski definition) is 5. The van der Waals surface area contributed by atoms with E-state index in [2.05, 4.69) is 15.1 Å². The van der Waals surface area contributed by atoms with Crippen molar-refractivity contribution < 1.29 is 13.9 Å². The lowest BCUT2D eigenvalue weighted by Gasteiger charge is -2.47. The molecule has 1 unspecified atom stereocenters.